The van der Waals surface area contributed by atoms with Crippen LogP contribution in [0.15, 0.2) is 16.9 Å². The lowest BCUT2D eigenvalue weighted by Crippen LogP contribution is -2.33. The van der Waals surface area contributed by atoms with E-state index in [-0.39, 0.29) is 17.2 Å². The number of nitrogens with zero attached hydrogens (tertiary/aromatic N) is 2. The lowest BCUT2D eigenvalue weighted by Gasteiger charge is -2.19. The number of aromatic amines is 1. The van der Waals surface area contributed by atoms with E-state index >= 15 is 0 Å². The van der Waals surface area contributed by atoms with Gasteiger partial charge < -0.3 is 4.90 Å². The van der Waals surface area contributed by atoms with Crippen LogP contribution >= 0.6 is 15.9 Å². The summed E-state index contributed by atoms with van der Waals surface area (Å²) in [4.78, 5) is 24.4. The Morgan fingerprint density at radius 3 is 2.81 bits per heavy atom. The molecule has 16 heavy (non-hydrogen) atoms. The van der Waals surface area contributed by atoms with Gasteiger partial charge in [-0.05, 0) is 19.4 Å². The van der Waals surface area contributed by atoms with E-state index in [0.29, 0.717) is 13.1 Å². The Hall–Kier alpha value is -1.17. The number of alkyl halides is 1. The fourth-order valence-electron chi connectivity index (χ4n) is 1.28. The maximum atomic E-state index is 11.9. The minimum atomic E-state index is -0.306. The molecule has 1 N–H and O–H groups in total. The molecule has 0 aliphatic heterocycles. The normalized spacial score (nSPS) is 10.1. The summed E-state index contributed by atoms with van der Waals surface area (Å²) in [6, 6.07) is 2.75. The highest BCUT2D eigenvalue weighted by atomic mass is 79.9. The number of rotatable bonds is 5. The number of aromatic nitrogens is 2. The summed E-state index contributed by atoms with van der Waals surface area (Å²) in [5.41, 5.74) is -0.0314. The number of H-pyrrole nitrogens is 1. The maximum absolute atomic E-state index is 11.9. The van der Waals surface area contributed by atoms with E-state index in [4.69, 9.17) is 0 Å². The third-order valence-electron chi connectivity index (χ3n) is 2.13. The minimum Gasteiger partial charge on any atom is -0.338 e. The fraction of sp³-hybridized carbons (Fsp3) is 0.500. The van der Waals surface area contributed by atoms with Gasteiger partial charge in [0.2, 0.25) is 0 Å². The van der Waals surface area contributed by atoms with E-state index < -0.39 is 0 Å². The molecule has 0 unspecified atom stereocenters. The molecular formula is C10H14BrN3O2. The summed E-state index contributed by atoms with van der Waals surface area (Å²) >= 11 is 3.32. The van der Waals surface area contributed by atoms with Crippen molar-refractivity contribution in [2.75, 3.05) is 18.4 Å². The molecule has 1 aromatic heterocycles. The number of halogens is 1. The Balaban J connectivity index is 2.74. The predicted molar refractivity (Wildman–Crippen MR) is 64.8 cm³/mol. The van der Waals surface area contributed by atoms with Crippen LogP contribution in [-0.2, 0) is 0 Å². The van der Waals surface area contributed by atoms with Gasteiger partial charge in [-0.1, -0.05) is 15.9 Å². The average Bonchev–Trinajstić information content (AvgIpc) is 2.30. The molecule has 1 amide bonds. The Morgan fingerprint density at radius 2 is 2.31 bits per heavy atom. The zero-order chi connectivity index (χ0) is 12.0. The van der Waals surface area contributed by atoms with Gasteiger partial charge in [-0.3, -0.25) is 9.59 Å². The van der Waals surface area contributed by atoms with Crippen LogP contribution in [-0.4, -0.2) is 39.4 Å². The SMILES string of the molecule is CCN(CCCBr)C(=O)c1ccc(=O)[nH]n1. The van der Waals surface area contributed by atoms with E-state index in [1.54, 1.807) is 4.90 Å². The molecule has 1 heterocycles. The van der Waals surface area contributed by atoms with Crippen molar-refractivity contribution in [3.63, 3.8) is 0 Å². The van der Waals surface area contributed by atoms with E-state index in [2.05, 4.69) is 26.1 Å². The van der Waals surface area contributed by atoms with E-state index in [1.807, 2.05) is 6.92 Å². The van der Waals surface area contributed by atoms with Crippen LogP contribution in [0.1, 0.15) is 23.8 Å². The largest absolute Gasteiger partial charge is 0.338 e. The maximum Gasteiger partial charge on any atom is 0.274 e. The van der Waals surface area contributed by atoms with E-state index in [1.165, 1.54) is 12.1 Å². The van der Waals surface area contributed by atoms with Crippen LogP contribution in [0.3, 0.4) is 0 Å². The van der Waals surface area contributed by atoms with Crippen LogP contribution in [0.4, 0.5) is 0 Å². The third-order valence-corrected chi connectivity index (χ3v) is 2.69. The van der Waals surface area contributed by atoms with Gasteiger partial charge in [0, 0.05) is 24.5 Å². The Labute approximate surface area is 102 Å². The third kappa shape index (κ3) is 3.44. The Bertz CT molecular complexity index is 385. The highest BCUT2D eigenvalue weighted by Gasteiger charge is 2.14. The van der Waals surface area contributed by atoms with E-state index in [9.17, 15) is 9.59 Å². The fourth-order valence-corrected chi connectivity index (χ4v) is 1.53. The number of amides is 1. The first kappa shape index (κ1) is 12.9. The molecule has 0 aliphatic carbocycles. The minimum absolute atomic E-state index is 0.153. The molecule has 0 spiro atoms. The standard InChI is InChI=1S/C10H14BrN3O2/c1-2-14(7-3-6-11)10(16)8-4-5-9(15)13-12-8/h4-5H,2-3,6-7H2,1H3,(H,13,15). The van der Waals surface area contributed by atoms with Crippen molar-refractivity contribution >= 4 is 21.8 Å². The molecule has 0 bridgehead atoms. The molecule has 1 aromatic rings. The molecule has 0 atom stereocenters. The molecule has 0 fully saturated rings. The smallest absolute Gasteiger partial charge is 0.274 e. The molecule has 0 saturated heterocycles. The highest BCUT2D eigenvalue weighted by Crippen LogP contribution is 2.01. The number of carbonyl (C=O) groups is 1. The van der Waals surface area contributed by atoms with Crippen molar-refractivity contribution in [1.82, 2.24) is 15.1 Å². The number of hydrogen-bond donors (Lipinski definition) is 1. The van der Waals surface area contributed by atoms with Crippen molar-refractivity contribution in [3.05, 3.63) is 28.2 Å². The highest BCUT2D eigenvalue weighted by molar-refractivity contribution is 9.09. The molecule has 0 radical (unpaired) electrons. The first-order chi connectivity index (χ1) is 7.69. The molecule has 0 aliphatic rings. The molecule has 88 valence electrons. The van der Waals surface area contributed by atoms with Gasteiger partial charge >= 0.3 is 0 Å². The molecule has 0 aromatic carbocycles. The quantitative estimate of drug-likeness (QED) is 0.823. The van der Waals surface area contributed by atoms with Crippen molar-refractivity contribution in [3.8, 4) is 0 Å². The van der Waals surface area contributed by atoms with Crippen molar-refractivity contribution in [2.24, 2.45) is 0 Å². The zero-order valence-electron chi connectivity index (χ0n) is 9.07. The molecule has 0 saturated carbocycles. The topological polar surface area (TPSA) is 66.1 Å². The van der Waals surface area contributed by atoms with Gasteiger partial charge in [0.1, 0.15) is 5.69 Å². The second-order valence-corrected chi connectivity index (χ2v) is 4.03. The van der Waals surface area contributed by atoms with Crippen LogP contribution in [0, 0.1) is 0 Å². The second-order valence-electron chi connectivity index (χ2n) is 3.23. The van der Waals surface area contributed by atoms with Crippen molar-refractivity contribution in [2.45, 2.75) is 13.3 Å². The van der Waals surface area contributed by atoms with Crippen LogP contribution in [0.5, 0.6) is 0 Å². The lowest BCUT2D eigenvalue weighted by atomic mass is 10.3. The number of nitrogens with one attached hydrogen (secondary N) is 1. The summed E-state index contributed by atoms with van der Waals surface area (Å²) in [5, 5.41) is 6.83. The summed E-state index contributed by atoms with van der Waals surface area (Å²) < 4.78 is 0. The van der Waals surface area contributed by atoms with Gasteiger partial charge in [0.05, 0.1) is 0 Å². The first-order valence-corrected chi connectivity index (χ1v) is 6.22. The predicted octanol–water partition coefficient (Wildman–Crippen LogP) is 1.02. The Kier molecular flexibility index (Phi) is 5.18. The van der Waals surface area contributed by atoms with Crippen LogP contribution in [0.25, 0.3) is 0 Å². The first-order valence-electron chi connectivity index (χ1n) is 5.10. The van der Waals surface area contributed by atoms with Crippen molar-refractivity contribution in [1.29, 1.82) is 0 Å². The van der Waals surface area contributed by atoms with Gasteiger partial charge in [-0.25, -0.2) is 5.10 Å². The monoisotopic (exact) mass is 287 g/mol. The molecule has 6 heteroatoms. The number of hydrogen-bond acceptors (Lipinski definition) is 3. The van der Waals surface area contributed by atoms with Gasteiger partial charge in [0.15, 0.2) is 0 Å². The van der Waals surface area contributed by atoms with Crippen LogP contribution < -0.4 is 5.56 Å². The van der Waals surface area contributed by atoms with Crippen molar-refractivity contribution < 1.29 is 4.79 Å². The summed E-state index contributed by atoms with van der Waals surface area (Å²) in [6.07, 6.45) is 0.892. The Morgan fingerprint density at radius 1 is 1.56 bits per heavy atom. The number of carbonyl (C=O) groups excluding carboxylic acids is 1. The van der Waals surface area contributed by atoms with Gasteiger partial charge in [-0.2, -0.15) is 5.10 Å². The molecular weight excluding hydrogens is 274 g/mol. The van der Waals surface area contributed by atoms with Gasteiger partial charge in [-0.15, -0.1) is 0 Å². The average molecular weight is 288 g/mol. The van der Waals surface area contributed by atoms with Crippen LogP contribution in [0.2, 0.25) is 0 Å². The summed E-state index contributed by atoms with van der Waals surface area (Å²) in [7, 11) is 0. The second kappa shape index (κ2) is 6.42. The van der Waals surface area contributed by atoms with Gasteiger partial charge in [0.25, 0.3) is 11.5 Å². The molecule has 1 rings (SSSR count). The molecule has 5 nitrogen and oxygen atoms in total. The lowest BCUT2D eigenvalue weighted by molar-refractivity contribution is 0.0758. The summed E-state index contributed by atoms with van der Waals surface area (Å²) in [5.74, 6) is -0.153. The van der Waals surface area contributed by atoms with E-state index in [0.717, 1.165) is 11.8 Å². The summed E-state index contributed by atoms with van der Waals surface area (Å²) in [6.45, 7) is 3.23. The zero-order valence-corrected chi connectivity index (χ0v) is 10.7.